The van der Waals surface area contributed by atoms with Crippen molar-refractivity contribution in [2.75, 3.05) is 13.7 Å². The van der Waals surface area contributed by atoms with Crippen molar-refractivity contribution in [1.29, 1.82) is 0 Å². The Morgan fingerprint density at radius 2 is 2.13 bits per heavy atom. The predicted octanol–water partition coefficient (Wildman–Crippen LogP) is -0.398. The number of aliphatic hydroxyl groups excluding tert-OH is 1. The number of ether oxygens (including phenoxy) is 1. The predicted molar refractivity (Wildman–Crippen MR) is 109 cm³/mol. The zero-order valence-corrected chi connectivity index (χ0v) is 17.2. The van der Waals surface area contributed by atoms with Gasteiger partial charge in [-0.05, 0) is 30.5 Å². The van der Waals surface area contributed by atoms with Crippen molar-refractivity contribution in [2.24, 2.45) is 5.92 Å². The molecule has 1 aliphatic rings. The van der Waals surface area contributed by atoms with Crippen LogP contribution in [0.15, 0.2) is 36.7 Å². The van der Waals surface area contributed by atoms with Crippen LogP contribution < -0.4 is 15.4 Å². The van der Waals surface area contributed by atoms with Crippen molar-refractivity contribution in [3.63, 3.8) is 0 Å². The Bertz CT molecular complexity index is 844. The van der Waals surface area contributed by atoms with Crippen molar-refractivity contribution in [3.05, 3.63) is 42.2 Å². The maximum absolute atomic E-state index is 12.3. The summed E-state index contributed by atoms with van der Waals surface area (Å²) in [6.07, 6.45) is 3.50. The van der Waals surface area contributed by atoms with E-state index in [4.69, 9.17) is 14.6 Å². The number of rotatable bonds is 8. The quantitative estimate of drug-likeness (QED) is 0.410. The normalized spacial score (nSPS) is 19.6. The molecule has 1 fully saturated rings. The monoisotopic (exact) mass is 433 g/mol. The number of nitrogens with one attached hydrogen (secondary N) is 2. The Morgan fingerprint density at radius 3 is 2.81 bits per heavy atom. The zero-order valence-electron chi connectivity index (χ0n) is 17.2. The highest BCUT2D eigenvalue weighted by atomic mass is 16.5. The zero-order chi connectivity index (χ0) is 22.6. The Kier molecular flexibility index (Phi) is 9.43. The third kappa shape index (κ3) is 7.70. The lowest BCUT2D eigenvalue weighted by atomic mass is 10.1. The van der Waals surface area contributed by atoms with Gasteiger partial charge in [0.25, 0.3) is 6.47 Å². The Hall–Kier alpha value is -3.47. The standard InChI is InChI=1S/C19H25N5O4.CH2O2/c1-28-15-4-2-3-13(9-15)10-18(26)22-16-11-14(12-17(16)25)19(27)20-5-7-24-8-6-21-23-24;2-1-3/h2-4,6,8-9,14,16-17,25H,5,7,10-12H2,1H3,(H,20,27)(H,22,26);1H,(H,2,3)/t14-,16-,17-;/m0./s1. The number of hydrogen-bond acceptors (Lipinski definition) is 7. The van der Waals surface area contributed by atoms with Crippen molar-refractivity contribution < 1.29 is 29.3 Å². The molecule has 11 heteroatoms. The molecule has 1 aromatic carbocycles. The second-order valence-corrected chi connectivity index (χ2v) is 7.00. The summed E-state index contributed by atoms with van der Waals surface area (Å²) in [6, 6.07) is 6.86. The summed E-state index contributed by atoms with van der Waals surface area (Å²) >= 11 is 0. The van der Waals surface area contributed by atoms with Crippen LogP contribution in [-0.4, -0.2) is 69.3 Å². The molecule has 2 aromatic rings. The average Bonchev–Trinajstić information content (AvgIpc) is 3.39. The van der Waals surface area contributed by atoms with Gasteiger partial charge in [-0.1, -0.05) is 17.3 Å². The van der Waals surface area contributed by atoms with Crippen LogP contribution in [0.1, 0.15) is 18.4 Å². The second-order valence-electron chi connectivity index (χ2n) is 7.00. The second kappa shape index (κ2) is 12.3. The lowest BCUT2D eigenvalue weighted by molar-refractivity contribution is -0.125. The van der Waals surface area contributed by atoms with Gasteiger partial charge in [0, 0.05) is 18.7 Å². The Labute approximate surface area is 179 Å². The largest absolute Gasteiger partial charge is 0.497 e. The molecule has 2 amide bonds. The molecular formula is C20H27N5O6. The summed E-state index contributed by atoms with van der Waals surface area (Å²) in [5, 5.41) is 30.4. The first-order chi connectivity index (χ1) is 15.0. The summed E-state index contributed by atoms with van der Waals surface area (Å²) in [6.45, 7) is 0.712. The van der Waals surface area contributed by atoms with Gasteiger partial charge in [-0.25, -0.2) is 0 Å². The number of carbonyl (C=O) groups is 3. The molecular weight excluding hydrogens is 406 g/mol. The van der Waals surface area contributed by atoms with Crippen LogP contribution in [0.5, 0.6) is 5.75 Å². The number of benzene rings is 1. The number of carboxylic acid groups (broad SMARTS) is 1. The molecule has 0 radical (unpaired) electrons. The molecule has 1 aromatic heterocycles. The van der Waals surface area contributed by atoms with Crippen LogP contribution in [0.25, 0.3) is 0 Å². The fraction of sp³-hybridized carbons (Fsp3) is 0.450. The van der Waals surface area contributed by atoms with Crippen LogP contribution in [0.4, 0.5) is 0 Å². The van der Waals surface area contributed by atoms with Crippen molar-refractivity contribution in [1.82, 2.24) is 25.6 Å². The average molecular weight is 433 g/mol. The first kappa shape index (κ1) is 23.8. The molecule has 0 aliphatic heterocycles. The van der Waals surface area contributed by atoms with E-state index in [2.05, 4.69) is 20.9 Å². The molecule has 1 saturated carbocycles. The van der Waals surface area contributed by atoms with E-state index in [0.717, 1.165) is 5.56 Å². The molecule has 1 aliphatic carbocycles. The van der Waals surface area contributed by atoms with E-state index in [-0.39, 0.29) is 30.6 Å². The van der Waals surface area contributed by atoms with E-state index in [1.807, 2.05) is 18.2 Å². The van der Waals surface area contributed by atoms with Gasteiger partial charge in [-0.3, -0.25) is 19.1 Å². The third-order valence-corrected chi connectivity index (χ3v) is 4.86. The van der Waals surface area contributed by atoms with Crippen LogP contribution in [0, 0.1) is 5.92 Å². The van der Waals surface area contributed by atoms with Gasteiger partial charge >= 0.3 is 0 Å². The maximum Gasteiger partial charge on any atom is 0.290 e. The third-order valence-electron chi connectivity index (χ3n) is 4.86. The number of methoxy groups -OCH3 is 1. The molecule has 3 rings (SSSR count). The summed E-state index contributed by atoms with van der Waals surface area (Å²) < 4.78 is 6.79. The molecule has 4 N–H and O–H groups in total. The molecule has 0 unspecified atom stereocenters. The number of carbonyl (C=O) groups excluding carboxylic acids is 2. The number of amides is 2. The van der Waals surface area contributed by atoms with Gasteiger partial charge in [0.2, 0.25) is 11.8 Å². The van der Waals surface area contributed by atoms with Crippen LogP contribution >= 0.6 is 0 Å². The van der Waals surface area contributed by atoms with Gasteiger partial charge in [0.05, 0.1) is 38.4 Å². The smallest absolute Gasteiger partial charge is 0.290 e. The number of nitrogens with zero attached hydrogens (tertiary/aromatic N) is 3. The highest BCUT2D eigenvalue weighted by Gasteiger charge is 2.37. The molecule has 168 valence electrons. The summed E-state index contributed by atoms with van der Waals surface area (Å²) in [5.74, 6) is 0.0509. The fourth-order valence-corrected chi connectivity index (χ4v) is 3.40. The first-order valence-electron chi connectivity index (χ1n) is 9.76. The van der Waals surface area contributed by atoms with Gasteiger partial charge < -0.3 is 25.6 Å². The summed E-state index contributed by atoms with van der Waals surface area (Å²) in [7, 11) is 1.57. The molecule has 0 saturated heterocycles. The van der Waals surface area contributed by atoms with E-state index in [1.165, 1.54) is 0 Å². The molecule has 31 heavy (non-hydrogen) atoms. The van der Waals surface area contributed by atoms with E-state index in [9.17, 15) is 14.7 Å². The van der Waals surface area contributed by atoms with Gasteiger partial charge in [0.1, 0.15) is 5.75 Å². The van der Waals surface area contributed by atoms with E-state index in [1.54, 1.807) is 30.3 Å². The Balaban J connectivity index is 0.00000107. The number of aromatic nitrogens is 3. The van der Waals surface area contributed by atoms with Crippen molar-refractivity contribution >= 4 is 18.3 Å². The molecule has 3 atom stereocenters. The lowest BCUT2D eigenvalue weighted by Gasteiger charge is -2.16. The van der Waals surface area contributed by atoms with E-state index >= 15 is 0 Å². The number of aliphatic hydroxyl groups is 1. The highest BCUT2D eigenvalue weighted by molar-refractivity contribution is 5.81. The fourth-order valence-electron chi connectivity index (χ4n) is 3.40. The SMILES string of the molecule is COc1cccc(CC(=O)N[C@H]2C[C@H](C(=O)NCCn3ccnn3)C[C@@H]2O)c1.O=CO. The van der Waals surface area contributed by atoms with Crippen molar-refractivity contribution in [2.45, 2.75) is 38.0 Å². The van der Waals surface area contributed by atoms with Crippen LogP contribution in [0.3, 0.4) is 0 Å². The van der Waals surface area contributed by atoms with Crippen molar-refractivity contribution in [3.8, 4) is 5.75 Å². The lowest BCUT2D eigenvalue weighted by Crippen LogP contribution is -2.40. The van der Waals surface area contributed by atoms with Crippen LogP contribution in [-0.2, 0) is 27.3 Å². The summed E-state index contributed by atoms with van der Waals surface area (Å²) in [4.78, 5) is 33.0. The first-order valence-corrected chi connectivity index (χ1v) is 9.76. The highest BCUT2D eigenvalue weighted by Crippen LogP contribution is 2.26. The van der Waals surface area contributed by atoms with Gasteiger partial charge in [-0.2, -0.15) is 0 Å². The van der Waals surface area contributed by atoms with Crippen LogP contribution in [0.2, 0.25) is 0 Å². The van der Waals surface area contributed by atoms with Gasteiger partial charge in [0.15, 0.2) is 0 Å². The number of hydrogen-bond donors (Lipinski definition) is 4. The van der Waals surface area contributed by atoms with Gasteiger partial charge in [-0.15, -0.1) is 5.10 Å². The topological polar surface area (TPSA) is 156 Å². The molecule has 0 bridgehead atoms. The van der Waals surface area contributed by atoms with E-state index < -0.39 is 12.1 Å². The summed E-state index contributed by atoms with van der Waals surface area (Å²) in [5.41, 5.74) is 0.826. The maximum atomic E-state index is 12.3. The molecule has 0 spiro atoms. The minimum absolute atomic E-state index is 0.122. The minimum atomic E-state index is -0.736. The van der Waals surface area contributed by atoms with E-state index in [0.29, 0.717) is 31.7 Å². The molecule has 1 heterocycles. The minimum Gasteiger partial charge on any atom is -0.497 e. The molecule has 11 nitrogen and oxygen atoms in total. The Morgan fingerprint density at radius 1 is 1.35 bits per heavy atom.